The van der Waals surface area contributed by atoms with Crippen LogP contribution >= 0.6 is 15.9 Å². The van der Waals surface area contributed by atoms with Gasteiger partial charge in [0.15, 0.2) is 0 Å². The molecule has 4 nitrogen and oxygen atoms in total. The summed E-state index contributed by atoms with van der Waals surface area (Å²) in [4.78, 5) is 14.5. The van der Waals surface area contributed by atoms with E-state index in [9.17, 15) is 4.79 Å². The first-order chi connectivity index (χ1) is 8.66. The molecule has 0 unspecified atom stereocenters. The fourth-order valence-corrected chi connectivity index (χ4v) is 2.61. The van der Waals surface area contributed by atoms with Crippen molar-refractivity contribution in [3.8, 4) is 5.75 Å². The molecule has 0 spiro atoms. The van der Waals surface area contributed by atoms with Crippen LogP contribution in [0, 0.1) is 0 Å². The Labute approximate surface area is 114 Å². The van der Waals surface area contributed by atoms with Crippen molar-refractivity contribution in [1.29, 1.82) is 0 Å². The summed E-state index contributed by atoms with van der Waals surface area (Å²) in [5, 5.41) is 0. The first-order valence-electron chi connectivity index (χ1n) is 5.61. The van der Waals surface area contributed by atoms with E-state index in [-0.39, 0.29) is 0 Å². The molecule has 0 atom stereocenters. The molecule has 1 aliphatic rings. The van der Waals surface area contributed by atoms with Gasteiger partial charge in [-0.2, -0.15) is 4.99 Å². The second-order valence-electron chi connectivity index (χ2n) is 4.31. The molecule has 0 aliphatic heterocycles. The maximum atomic E-state index is 10.6. The molecule has 0 heterocycles. The second-order valence-corrected chi connectivity index (χ2v) is 5.17. The van der Waals surface area contributed by atoms with E-state index >= 15 is 0 Å². The summed E-state index contributed by atoms with van der Waals surface area (Å²) in [6, 6.07) is 3.88. The standard InChI is InChI=1S/C13H14BrNO3/c1-17-7-9-5-12(18-2)11(14)6-10(9)13(3-4-13)15-8-16/h5-6H,3-4,7H2,1-2H3. The molecule has 0 bridgehead atoms. The monoisotopic (exact) mass is 311 g/mol. The predicted molar refractivity (Wildman–Crippen MR) is 70.4 cm³/mol. The molecule has 96 valence electrons. The van der Waals surface area contributed by atoms with Gasteiger partial charge in [-0.05, 0) is 52.0 Å². The van der Waals surface area contributed by atoms with Crippen molar-refractivity contribution < 1.29 is 14.3 Å². The number of benzene rings is 1. The van der Waals surface area contributed by atoms with Crippen LogP contribution in [0.3, 0.4) is 0 Å². The first-order valence-corrected chi connectivity index (χ1v) is 6.41. The normalized spacial score (nSPS) is 15.9. The van der Waals surface area contributed by atoms with Crippen molar-refractivity contribution in [3.63, 3.8) is 0 Å². The zero-order valence-electron chi connectivity index (χ0n) is 10.3. The Hall–Kier alpha value is -1.16. The second kappa shape index (κ2) is 5.22. The van der Waals surface area contributed by atoms with Crippen molar-refractivity contribution in [2.24, 2.45) is 4.99 Å². The van der Waals surface area contributed by atoms with E-state index in [1.807, 2.05) is 12.1 Å². The van der Waals surface area contributed by atoms with Gasteiger partial charge in [-0.1, -0.05) is 0 Å². The molecule has 1 aromatic rings. The van der Waals surface area contributed by atoms with Gasteiger partial charge in [0.2, 0.25) is 6.08 Å². The number of hydrogen-bond donors (Lipinski definition) is 0. The zero-order chi connectivity index (χ0) is 13.2. The molecule has 2 rings (SSSR count). The van der Waals surface area contributed by atoms with E-state index in [1.54, 1.807) is 20.3 Å². The summed E-state index contributed by atoms with van der Waals surface area (Å²) in [6.07, 6.45) is 3.42. The molecular weight excluding hydrogens is 298 g/mol. The summed E-state index contributed by atoms with van der Waals surface area (Å²) >= 11 is 3.46. The summed E-state index contributed by atoms with van der Waals surface area (Å²) < 4.78 is 11.3. The maximum Gasteiger partial charge on any atom is 0.235 e. The van der Waals surface area contributed by atoms with Crippen LogP contribution in [-0.2, 0) is 21.7 Å². The lowest BCUT2D eigenvalue weighted by Crippen LogP contribution is -2.08. The molecule has 5 heteroatoms. The first kappa shape index (κ1) is 13.3. The quantitative estimate of drug-likeness (QED) is 0.620. The van der Waals surface area contributed by atoms with Gasteiger partial charge in [0.25, 0.3) is 0 Å². The molecule has 18 heavy (non-hydrogen) atoms. The van der Waals surface area contributed by atoms with Gasteiger partial charge in [0.1, 0.15) is 5.75 Å². The fraction of sp³-hybridized carbons (Fsp3) is 0.462. The van der Waals surface area contributed by atoms with Crippen LogP contribution in [0.2, 0.25) is 0 Å². The smallest absolute Gasteiger partial charge is 0.235 e. The van der Waals surface area contributed by atoms with Crippen molar-refractivity contribution >= 4 is 22.0 Å². The molecule has 1 aromatic carbocycles. The van der Waals surface area contributed by atoms with Gasteiger partial charge in [0.05, 0.1) is 23.7 Å². The minimum absolute atomic E-state index is 0.398. The van der Waals surface area contributed by atoms with Crippen LogP contribution in [0.25, 0.3) is 0 Å². The number of halogens is 1. The Morgan fingerprint density at radius 2 is 2.17 bits per heavy atom. The van der Waals surface area contributed by atoms with Crippen LogP contribution < -0.4 is 4.74 Å². The number of rotatable bonds is 5. The average Bonchev–Trinajstić information content (AvgIpc) is 3.12. The Kier molecular flexibility index (Phi) is 3.85. The number of nitrogens with zero attached hydrogens (tertiary/aromatic N) is 1. The minimum atomic E-state index is -0.398. The number of ether oxygens (including phenoxy) is 2. The number of aliphatic imine (C=N–C) groups is 1. The lowest BCUT2D eigenvalue weighted by Gasteiger charge is -2.16. The van der Waals surface area contributed by atoms with E-state index in [1.165, 1.54) is 0 Å². The topological polar surface area (TPSA) is 47.9 Å². The third kappa shape index (κ3) is 2.34. The van der Waals surface area contributed by atoms with Crippen LogP contribution in [0.15, 0.2) is 21.6 Å². The van der Waals surface area contributed by atoms with Crippen LogP contribution in [0.1, 0.15) is 24.0 Å². The van der Waals surface area contributed by atoms with Gasteiger partial charge < -0.3 is 9.47 Å². The van der Waals surface area contributed by atoms with Gasteiger partial charge in [-0.25, -0.2) is 4.79 Å². The van der Waals surface area contributed by atoms with E-state index in [0.29, 0.717) is 6.61 Å². The zero-order valence-corrected chi connectivity index (χ0v) is 11.9. The molecular formula is C13H14BrNO3. The largest absolute Gasteiger partial charge is 0.496 e. The molecule has 1 fully saturated rings. The highest BCUT2D eigenvalue weighted by Gasteiger charge is 2.46. The summed E-state index contributed by atoms with van der Waals surface area (Å²) in [5.74, 6) is 0.747. The van der Waals surface area contributed by atoms with E-state index in [4.69, 9.17) is 9.47 Å². The Bertz CT molecular complexity index is 505. The maximum absolute atomic E-state index is 10.6. The third-order valence-corrected chi connectivity index (χ3v) is 3.78. The molecule has 1 saturated carbocycles. The van der Waals surface area contributed by atoms with Gasteiger partial charge in [-0.15, -0.1) is 0 Å². The number of carbonyl (C=O) groups excluding carboxylic acids is 1. The van der Waals surface area contributed by atoms with Crippen LogP contribution in [-0.4, -0.2) is 20.3 Å². The lowest BCUT2D eigenvalue weighted by atomic mass is 9.99. The van der Waals surface area contributed by atoms with Crippen LogP contribution in [0.5, 0.6) is 5.75 Å². The molecule has 1 aliphatic carbocycles. The highest BCUT2D eigenvalue weighted by molar-refractivity contribution is 9.10. The minimum Gasteiger partial charge on any atom is -0.496 e. The molecule has 0 saturated heterocycles. The molecule has 0 amide bonds. The Balaban J connectivity index is 2.51. The van der Waals surface area contributed by atoms with Crippen LogP contribution in [0.4, 0.5) is 0 Å². The summed E-state index contributed by atoms with van der Waals surface area (Å²) in [6.45, 7) is 0.467. The van der Waals surface area contributed by atoms with Gasteiger partial charge in [-0.3, -0.25) is 0 Å². The molecule has 0 radical (unpaired) electrons. The van der Waals surface area contributed by atoms with Crippen molar-refractivity contribution in [1.82, 2.24) is 0 Å². The molecule has 0 N–H and O–H groups in total. The molecule has 0 aromatic heterocycles. The van der Waals surface area contributed by atoms with E-state index in [0.717, 1.165) is 34.2 Å². The Morgan fingerprint density at radius 3 is 2.67 bits per heavy atom. The Morgan fingerprint density at radius 1 is 1.44 bits per heavy atom. The number of methoxy groups -OCH3 is 2. The summed E-state index contributed by atoms with van der Waals surface area (Å²) in [7, 11) is 3.26. The number of isocyanates is 1. The van der Waals surface area contributed by atoms with E-state index < -0.39 is 5.54 Å². The van der Waals surface area contributed by atoms with Gasteiger partial charge >= 0.3 is 0 Å². The van der Waals surface area contributed by atoms with E-state index in [2.05, 4.69) is 20.9 Å². The van der Waals surface area contributed by atoms with Crippen molar-refractivity contribution in [2.75, 3.05) is 14.2 Å². The average molecular weight is 312 g/mol. The lowest BCUT2D eigenvalue weighted by molar-refractivity contribution is 0.183. The predicted octanol–water partition coefficient (Wildman–Crippen LogP) is 2.93. The number of hydrogen-bond acceptors (Lipinski definition) is 4. The van der Waals surface area contributed by atoms with Gasteiger partial charge in [0, 0.05) is 7.11 Å². The third-order valence-electron chi connectivity index (χ3n) is 3.16. The SMILES string of the molecule is COCc1cc(OC)c(Br)cc1C1(N=C=O)CC1. The van der Waals surface area contributed by atoms with Crippen molar-refractivity contribution in [2.45, 2.75) is 25.0 Å². The van der Waals surface area contributed by atoms with Crippen molar-refractivity contribution in [3.05, 3.63) is 27.7 Å². The highest BCUT2D eigenvalue weighted by Crippen LogP contribution is 2.51. The fourth-order valence-electron chi connectivity index (χ4n) is 2.11. The summed E-state index contributed by atoms with van der Waals surface area (Å²) in [5.41, 5.74) is 1.61. The highest BCUT2D eigenvalue weighted by atomic mass is 79.9.